The van der Waals surface area contributed by atoms with Gasteiger partial charge in [-0.25, -0.2) is 12.7 Å². The Kier molecular flexibility index (Phi) is 5.95. The van der Waals surface area contributed by atoms with Crippen LogP contribution in [0, 0.1) is 0 Å². The minimum absolute atomic E-state index is 0.167. The number of sulfonamides is 1. The molecule has 0 fully saturated rings. The largest absolute Gasteiger partial charge is 0.496 e. The molecule has 6 nitrogen and oxygen atoms in total. The number of rotatable bonds is 6. The molecule has 0 saturated carbocycles. The van der Waals surface area contributed by atoms with E-state index in [9.17, 15) is 13.2 Å². The van der Waals surface area contributed by atoms with Gasteiger partial charge in [0.05, 0.1) is 12.0 Å². The number of nitrogens with zero attached hydrogens (tertiary/aromatic N) is 1. The molecule has 1 N–H and O–H groups in total. The second kappa shape index (κ2) is 7.96. The molecular weight excluding hydrogens is 340 g/mol. The predicted molar refractivity (Wildman–Crippen MR) is 98.0 cm³/mol. The molecule has 25 heavy (non-hydrogen) atoms. The highest BCUT2D eigenvalue weighted by Gasteiger charge is 2.16. The van der Waals surface area contributed by atoms with Gasteiger partial charge in [0.2, 0.25) is 15.9 Å². The average Bonchev–Trinajstić information content (AvgIpc) is 2.60. The highest BCUT2D eigenvalue weighted by atomic mass is 32.2. The van der Waals surface area contributed by atoms with Gasteiger partial charge in [0.1, 0.15) is 5.75 Å². The van der Waals surface area contributed by atoms with Crippen LogP contribution in [0.25, 0.3) is 6.08 Å². The first-order valence-corrected chi connectivity index (χ1v) is 8.93. The van der Waals surface area contributed by atoms with Crippen molar-refractivity contribution in [3.8, 4) is 5.75 Å². The number of para-hydroxylation sites is 1. The number of anilines is 1. The summed E-state index contributed by atoms with van der Waals surface area (Å²) in [5.74, 6) is 0.346. The summed E-state index contributed by atoms with van der Waals surface area (Å²) in [7, 11) is 1.01. The number of benzene rings is 2. The van der Waals surface area contributed by atoms with E-state index in [0.29, 0.717) is 11.4 Å². The summed E-state index contributed by atoms with van der Waals surface area (Å²) in [6, 6.07) is 13.3. The molecule has 0 bridgehead atoms. The second-order valence-electron chi connectivity index (χ2n) is 5.38. The van der Waals surface area contributed by atoms with Crippen molar-refractivity contribution in [3.63, 3.8) is 0 Å². The maximum atomic E-state index is 12.0. The summed E-state index contributed by atoms with van der Waals surface area (Å²) >= 11 is 0. The van der Waals surface area contributed by atoms with Gasteiger partial charge in [0.25, 0.3) is 0 Å². The van der Waals surface area contributed by atoms with Gasteiger partial charge in [-0.05, 0) is 36.4 Å². The summed E-state index contributed by atoms with van der Waals surface area (Å²) in [5, 5.41) is 2.68. The van der Waals surface area contributed by atoms with Crippen molar-refractivity contribution < 1.29 is 17.9 Å². The van der Waals surface area contributed by atoms with Crippen LogP contribution in [-0.2, 0) is 14.8 Å². The van der Waals surface area contributed by atoms with Crippen molar-refractivity contribution in [1.29, 1.82) is 0 Å². The number of methoxy groups -OCH3 is 1. The molecule has 0 aromatic heterocycles. The van der Waals surface area contributed by atoms with Gasteiger partial charge in [-0.3, -0.25) is 4.79 Å². The summed E-state index contributed by atoms with van der Waals surface area (Å²) in [5.41, 5.74) is 1.29. The van der Waals surface area contributed by atoms with Gasteiger partial charge in [-0.1, -0.05) is 18.2 Å². The SMILES string of the molecule is COc1ccccc1/C=C/C(=O)Nc1ccc(S(=O)(=O)N(C)C)cc1. The van der Waals surface area contributed by atoms with Crippen molar-refractivity contribution in [3.05, 3.63) is 60.2 Å². The van der Waals surface area contributed by atoms with Gasteiger partial charge in [0.15, 0.2) is 0 Å². The first kappa shape index (κ1) is 18.7. The number of amides is 1. The van der Waals surface area contributed by atoms with Gasteiger partial charge < -0.3 is 10.1 Å². The van der Waals surface area contributed by atoms with Crippen molar-refractivity contribution in [1.82, 2.24) is 4.31 Å². The third-order valence-corrected chi connectivity index (χ3v) is 5.28. The van der Waals surface area contributed by atoms with E-state index in [2.05, 4.69) is 5.32 Å². The number of ether oxygens (including phenoxy) is 1. The van der Waals surface area contributed by atoms with Gasteiger partial charge in [-0.2, -0.15) is 0 Å². The molecule has 0 saturated heterocycles. The first-order chi connectivity index (χ1) is 11.8. The lowest BCUT2D eigenvalue weighted by atomic mass is 10.2. The highest BCUT2D eigenvalue weighted by molar-refractivity contribution is 7.89. The Morgan fingerprint density at radius 2 is 1.72 bits per heavy atom. The Labute approximate surface area is 147 Å². The third-order valence-electron chi connectivity index (χ3n) is 3.45. The van der Waals surface area contributed by atoms with E-state index in [1.54, 1.807) is 25.3 Å². The molecule has 0 aliphatic heterocycles. The lowest BCUT2D eigenvalue weighted by Gasteiger charge is -2.11. The Morgan fingerprint density at radius 3 is 2.32 bits per heavy atom. The smallest absolute Gasteiger partial charge is 0.248 e. The number of hydrogen-bond donors (Lipinski definition) is 1. The van der Waals surface area contributed by atoms with Crippen molar-refractivity contribution in [2.45, 2.75) is 4.90 Å². The Balaban J connectivity index is 2.07. The van der Waals surface area contributed by atoms with Crippen LogP contribution in [0.15, 0.2) is 59.5 Å². The van der Waals surface area contributed by atoms with E-state index in [-0.39, 0.29) is 10.8 Å². The fourth-order valence-electron chi connectivity index (χ4n) is 2.07. The molecule has 0 aliphatic rings. The quantitative estimate of drug-likeness (QED) is 0.804. The Bertz CT molecular complexity index is 872. The van der Waals surface area contributed by atoms with Crippen LogP contribution in [0.1, 0.15) is 5.56 Å². The standard InChI is InChI=1S/C18H20N2O4S/c1-20(2)25(22,23)16-11-9-15(10-12-16)19-18(21)13-8-14-6-4-5-7-17(14)24-3/h4-13H,1-3H3,(H,19,21)/b13-8+. The number of carbonyl (C=O) groups is 1. The molecule has 0 heterocycles. The van der Waals surface area contributed by atoms with Crippen LogP contribution >= 0.6 is 0 Å². The van der Waals surface area contributed by atoms with Gasteiger partial charge in [0, 0.05) is 31.4 Å². The normalized spacial score (nSPS) is 11.7. The molecule has 0 radical (unpaired) electrons. The zero-order chi connectivity index (χ0) is 18.4. The summed E-state index contributed by atoms with van der Waals surface area (Å²) in [6.07, 6.45) is 3.04. The van der Waals surface area contributed by atoms with E-state index >= 15 is 0 Å². The number of hydrogen-bond acceptors (Lipinski definition) is 4. The summed E-state index contributed by atoms with van der Waals surface area (Å²) in [4.78, 5) is 12.2. The maximum Gasteiger partial charge on any atom is 0.248 e. The van der Waals surface area contributed by atoms with Crippen LogP contribution in [0.3, 0.4) is 0 Å². The predicted octanol–water partition coefficient (Wildman–Crippen LogP) is 2.60. The minimum Gasteiger partial charge on any atom is -0.496 e. The first-order valence-electron chi connectivity index (χ1n) is 7.49. The minimum atomic E-state index is -3.48. The molecule has 132 valence electrons. The van der Waals surface area contributed by atoms with Crippen LogP contribution in [0.4, 0.5) is 5.69 Å². The molecule has 2 aromatic carbocycles. The van der Waals surface area contributed by atoms with E-state index in [0.717, 1.165) is 9.87 Å². The second-order valence-corrected chi connectivity index (χ2v) is 7.53. The van der Waals surface area contributed by atoms with Crippen LogP contribution in [0.5, 0.6) is 5.75 Å². The van der Waals surface area contributed by atoms with Crippen LogP contribution in [0.2, 0.25) is 0 Å². The van der Waals surface area contributed by atoms with E-state index in [4.69, 9.17) is 4.74 Å². The topological polar surface area (TPSA) is 75.7 Å². The van der Waals surface area contributed by atoms with Crippen molar-refractivity contribution >= 4 is 27.7 Å². The van der Waals surface area contributed by atoms with E-state index in [1.165, 1.54) is 32.3 Å². The lowest BCUT2D eigenvalue weighted by molar-refractivity contribution is -0.111. The molecular formula is C18H20N2O4S. The summed E-state index contributed by atoms with van der Waals surface area (Å²) in [6.45, 7) is 0. The van der Waals surface area contributed by atoms with Gasteiger partial charge >= 0.3 is 0 Å². The monoisotopic (exact) mass is 360 g/mol. The average molecular weight is 360 g/mol. The van der Waals surface area contributed by atoms with Crippen molar-refractivity contribution in [2.75, 3.05) is 26.5 Å². The molecule has 2 aromatic rings. The molecule has 7 heteroatoms. The van der Waals surface area contributed by atoms with E-state index in [1.807, 2.05) is 24.3 Å². The van der Waals surface area contributed by atoms with Crippen molar-refractivity contribution in [2.24, 2.45) is 0 Å². The molecule has 0 aliphatic carbocycles. The molecule has 1 amide bonds. The zero-order valence-electron chi connectivity index (χ0n) is 14.3. The fraction of sp³-hybridized carbons (Fsp3) is 0.167. The number of nitrogens with one attached hydrogen (secondary N) is 1. The van der Waals surface area contributed by atoms with Crippen LogP contribution < -0.4 is 10.1 Å². The van der Waals surface area contributed by atoms with E-state index < -0.39 is 10.0 Å². The molecule has 0 spiro atoms. The Morgan fingerprint density at radius 1 is 1.08 bits per heavy atom. The van der Waals surface area contributed by atoms with Gasteiger partial charge in [-0.15, -0.1) is 0 Å². The molecule has 0 atom stereocenters. The zero-order valence-corrected chi connectivity index (χ0v) is 15.1. The number of carbonyl (C=O) groups excluding carboxylic acids is 1. The fourth-order valence-corrected chi connectivity index (χ4v) is 2.98. The highest BCUT2D eigenvalue weighted by Crippen LogP contribution is 2.19. The lowest BCUT2D eigenvalue weighted by Crippen LogP contribution is -2.22. The third kappa shape index (κ3) is 4.68. The maximum absolute atomic E-state index is 12.0. The molecule has 0 unspecified atom stereocenters. The molecule has 2 rings (SSSR count). The Hall–Kier alpha value is -2.64. The summed E-state index contributed by atoms with van der Waals surface area (Å²) < 4.78 is 30.4. The van der Waals surface area contributed by atoms with Crippen LogP contribution in [-0.4, -0.2) is 39.8 Å².